The lowest BCUT2D eigenvalue weighted by atomic mass is 10.1. The van der Waals surface area contributed by atoms with Gasteiger partial charge in [-0.05, 0) is 12.1 Å². The standard InChI is InChI=1S/C14H16O6/c1-18-11-7-9(14(16)17)8-12(19-2)10(11)5-4-6-13(15)20-3/h4-5,7-8H,6H2,1-3H3,(H,16,17). The van der Waals surface area contributed by atoms with Gasteiger partial charge in [0.25, 0.3) is 0 Å². The van der Waals surface area contributed by atoms with Crippen LogP contribution in [0.25, 0.3) is 6.08 Å². The van der Waals surface area contributed by atoms with E-state index in [1.807, 2.05) is 0 Å². The monoisotopic (exact) mass is 280 g/mol. The summed E-state index contributed by atoms with van der Waals surface area (Å²) in [6, 6.07) is 2.78. The van der Waals surface area contributed by atoms with Crippen molar-refractivity contribution < 1.29 is 28.9 Å². The summed E-state index contributed by atoms with van der Waals surface area (Å²) >= 11 is 0. The summed E-state index contributed by atoms with van der Waals surface area (Å²) < 4.78 is 14.8. The first-order chi connectivity index (χ1) is 9.53. The molecular weight excluding hydrogens is 264 g/mol. The fourth-order valence-electron chi connectivity index (χ4n) is 1.58. The first-order valence-corrected chi connectivity index (χ1v) is 5.76. The minimum absolute atomic E-state index is 0.0591. The highest BCUT2D eigenvalue weighted by molar-refractivity contribution is 5.90. The molecule has 0 amide bonds. The van der Waals surface area contributed by atoms with E-state index < -0.39 is 5.97 Å². The number of esters is 1. The predicted octanol–water partition coefficient (Wildman–Crippen LogP) is 1.98. The van der Waals surface area contributed by atoms with Crippen LogP contribution in [0.15, 0.2) is 18.2 Å². The van der Waals surface area contributed by atoms with Crippen LogP contribution < -0.4 is 9.47 Å². The van der Waals surface area contributed by atoms with Gasteiger partial charge in [0.1, 0.15) is 11.5 Å². The molecule has 1 N–H and O–H groups in total. The van der Waals surface area contributed by atoms with E-state index in [2.05, 4.69) is 4.74 Å². The van der Waals surface area contributed by atoms with Gasteiger partial charge in [-0.3, -0.25) is 4.79 Å². The van der Waals surface area contributed by atoms with E-state index in [1.165, 1.54) is 33.5 Å². The molecule has 1 aromatic rings. The van der Waals surface area contributed by atoms with Crippen molar-refractivity contribution in [2.75, 3.05) is 21.3 Å². The summed E-state index contributed by atoms with van der Waals surface area (Å²) in [6.45, 7) is 0. The van der Waals surface area contributed by atoms with E-state index in [0.717, 1.165) is 0 Å². The highest BCUT2D eigenvalue weighted by Gasteiger charge is 2.14. The van der Waals surface area contributed by atoms with Gasteiger partial charge in [-0.1, -0.05) is 12.2 Å². The van der Waals surface area contributed by atoms with E-state index >= 15 is 0 Å². The Kier molecular flexibility index (Phi) is 5.58. The van der Waals surface area contributed by atoms with Gasteiger partial charge in [0, 0.05) is 0 Å². The largest absolute Gasteiger partial charge is 0.496 e. The van der Waals surface area contributed by atoms with Crippen LogP contribution in [-0.4, -0.2) is 38.4 Å². The Hall–Kier alpha value is -2.50. The fraction of sp³-hybridized carbons (Fsp3) is 0.286. The summed E-state index contributed by atoms with van der Waals surface area (Å²) in [5, 5.41) is 9.01. The second-order valence-electron chi connectivity index (χ2n) is 3.78. The van der Waals surface area contributed by atoms with Crippen LogP contribution in [-0.2, 0) is 9.53 Å². The predicted molar refractivity (Wildman–Crippen MR) is 72.2 cm³/mol. The number of rotatable bonds is 6. The number of carboxylic acids is 1. The van der Waals surface area contributed by atoms with Crippen molar-refractivity contribution in [1.29, 1.82) is 0 Å². The molecule has 0 aliphatic carbocycles. The average Bonchev–Trinajstić information content (AvgIpc) is 2.46. The van der Waals surface area contributed by atoms with E-state index in [0.29, 0.717) is 17.1 Å². The summed E-state index contributed by atoms with van der Waals surface area (Å²) in [7, 11) is 4.16. The molecule has 0 radical (unpaired) electrons. The molecule has 0 unspecified atom stereocenters. The zero-order valence-corrected chi connectivity index (χ0v) is 11.5. The number of aromatic carboxylic acids is 1. The molecule has 0 saturated heterocycles. The molecule has 20 heavy (non-hydrogen) atoms. The first kappa shape index (κ1) is 15.6. The molecule has 6 heteroatoms. The molecule has 0 fully saturated rings. The van der Waals surface area contributed by atoms with E-state index in [9.17, 15) is 9.59 Å². The topological polar surface area (TPSA) is 82.1 Å². The van der Waals surface area contributed by atoms with E-state index in [4.69, 9.17) is 14.6 Å². The number of hydrogen-bond donors (Lipinski definition) is 1. The number of carbonyl (C=O) groups is 2. The molecule has 108 valence electrons. The normalized spacial score (nSPS) is 10.3. The van der Waals surface area contributed by atoms with Crippen LogP contribution in [0, 0.1) is 0 Å². The van der Waals surface area contributed by atoms with Gasteiger partial charge in [-0.2, -0.15) is 0 Å². The summed E-state index contributed by atoms with van der Waals surface area (Å²) in [4.78, 5) is 22.0. The third-order valence-electron chi connectivity index (χ3n) is 2.59. The minimum atomic E-state index is -1.08. The van der Waals surface area contributed by atoms with Crippen LogP contribution in [0.3, 0.4) is 0 Å². The maximum atomic E-state index is 11.0. The Morgan fingerprint density at radius 3 is 2.10 bits per heavy atom. The second kappa shape index (κ2) is 7.18. The van der Waals surface area contributed by atoms with Crippen LogP contribution in [0.5, 0.6) is 11.5 Å². The van der Waals surface area contributed by atoms with Gasteiger partial charge in [-0.15, -0.1) is 0 Å². The van der Waals surface area contributed by atoms with Gasteiger partial charge in [0.05, 0.1) is 38.9 Å². The Morgan fingerprint density at radius 2 is 1.70 bits per heavy atom. The van der Waals surface area contributed by atoms with E-state index in [-0.39, 0.29) is 18.0 Å². The quantitative estimate of drug-likeness (QED) is 0.802. The minimum Gasteiger partial charge on any atom is -0.496 e. The van der Waals surface area contributed by atoms with Gasteiger partial charge in [0.15, 0.2) is 0 Å². The van der Waals surface area contributed by atoms with Gasteiger partial charge in [0.2, 0.25) is 0 Å². The highest BCUT2D eigenvalue weighted by Crippen LogP contribution is 2.32. The summed E-state index contributed by atoms with van der Waals surface area (Å²) in [5.41, 5.74) is 0.618. The smallest absolute Gasteiger partial charge is 0.335 e. The van der Waals surface area contributed by atoms with Crippen molar-refractivity contribution in [2.24, 2.45) is 0 Å². The number of hydrogen-bond acceptors (Lipinski definition) is 5. The molecule has 0 bridgehead atoms. The summed E-state index contributed by atoms with van der Waals surface area (Å²) in [5.74, 6) is -0.751. The molecule has 0 aromatic heterocycles. The Bertz CT molecular complexity index is 507. The molecule has 0 aliphatic rings. The number of methoxy groups -OCH3 is 3. The Morgan fingerprint density at radius 1 is 1.15 bits per heavy atom. The lowest BCUT2D eigenvalue weighted by Crippen LogP contribution is -2.01. The molecule has 0 atom stereocenters. The van der Waals surface area contributed by atoms with Crippen molar-refractivity contribution in [2.45, 2.75) is 6.42 Å². The third-order valence-corrected chi connectivity index (χ3v) is 2.59. The SMILES string of the molecule is COC(=O)CC=Cc1c(OC)cc(C(=O)O)cc1OC. The fourth-order valence-corrected chi connectivity index (χ4v) is 1.58. The third kappa shape index (κ3) is 3.74. The molecule has 1 rings (SSSR count). The van der Waals surface area contributed by atoms with Crippen LogP contribution >= 0.6 is 0 Å². The van der Waals surface area contributed by atoms with E-state index in [1.54, 1.807) is 12.2 Å². The second-order valence-corrected chi connectivity index (χ2v) is 3.78. The van der Waals surface area contributed by atoms with Crippen molar-refractivity contribution in [1.82, 2.24) is 0 Å². The number of ether oxygens (including phenoxy) is 3. The maximum Gasteiger partial charge on any atom is 0.335 e. The lowest BCUT2D eigenvalue weighted by Gasteiger charge is -2.11. The Balaban J connectivity index is 3.16. The number of carbonyl (C=O) groups excluding carboxylic acids is 1. The van der Waals surface area contributed by atoms with Crippen molar-refractivity contribution >= 4 is 18.0 Å². The Labute approximate surface area is 116 Å². The molecule has 1 aromatic carbocycles. The molecule has 6 nitrogen and oxygen atoms in total. The number of benzene rings is 1. The zero-order valence-electron chi connectivity index (χ0n) is 11.5. The molecular formula is C14H16O6. The van der Waals surface area contributed by atoms with Crippen LogP contribution in [0.2, 0.25) is 0 Å². The zero-order chi connectivity index (χ0) is 15.1. The highest BCUT2D eigenvalue weighted by atomic mass is 16.5. The van der Waals surface area contributed by atoms with Crippen molar-refractivity contribution in [3.05, 3.63) is 29.3 Å². The molecule has 0 aliphatic heterocycles. The molecule has 0 spiro atoms. The lowest BCUT2D eigenvalue weighted by molar-refractivity contribution is -0.139. The summed E-state index contributed by atoms with van der Waals surface area (Å²) in [6.07, 6.45) is 3.32. The maximum absolute atomic E-state index is 11.0. The van der Waals surface area contributed by atoms with Crippen LogP contribution in [0.1, 0.15) is 22.3 Å². The molecule has 0 saturated carbocycles. The van der Waals surface area contributed by atoms with Crippen LogP contribution in [0.4, 0.5) is 0 Å². The number of carboxylic acid groups (broad SMARTS) is 1. The van der Waals surface area contributed by atoms with Crippen molar-refractivity contribution in [3.63, 3.8) is 0 Å². The van der Waals surface area contributed by atoms with Gasteiger partial charge < -0.3 is 19.3 Å². The molecule has 0 heterocycles. The van der Waals surface area contributed by atoms with Gasteiger partial charge in [-0.25, -0.2) is 4.79 Å². The first-order valence-electron chi connectivity index (χ1n) is 5.76. The van der Waals surface area contributed by atoms with Crippen molar-refractivity contribution in [3.8, 4) is 11.5 Å². The average molecular weight is 280 g/mol. The van der Waals surface area contributed by atoms with Gasteiger partial charge >= 0.3 is 11.9 Å².